The Balaban J connectivity index is 1.50. The molecule has 0 bridgehead atoms. The van der Waals surface area contributed by atoms with Gasteiger partial charge in [0.15, 0.2) is 6.23 Å². The third-order valence-corrected chi connectivity index (χ3v) is 4.78. The first-order valence-corrected chi connectivity index (χ1v) is 9.77. The number of benzene rings is 3. The van der Waals surface area contributed by atoms with E-state index in [1.54, 1.807) is 18.3 Å². The summed E-state index contributed by atoms with van der Waals surface area (Å²) in [5.41, 5.74) is 7.37. The summed E-state index contributed by atoms with van der Waals surface area (Å²) in [4.78, 5) is 20.1. The predicted octanol–water partition coefficient (Wildman–Crippen LogP) is 4.62. The van der Waals surface area contributed by atoms with Crippen molar-refractivity contribution in [2.45, 2.75) is 19.6 Å². The third kappa shape index (κ3) is 4.38. The molecule has 6 nitrogen and oxygen atoms in total. The van der Waals surface area contributed by atoms with Crippen LogP contribution in [0.4, 0.5) is 5.95 Å². The lowest BCUT2D eigenvalue weighted by molar-refractivity contribution is 0.100. The molecule has 1 unspecified atom stereocenters. The Labute approximate surface area is 174 Å². The molecule has 4 aromatic rings. The van der Waals surface area contributed by atoms with Crippen molar-refractivity contribution in [3.63, 3.8) is 0 Å². The number of nitrogens with zero attached hydrogens (tertiary/aromatic N) is 2. The first-order valence-electron chi connectivity index (χ1n) is 9.77. The van der Waals surface area contributed by atoms with Gasteiger partial charge in [-0.05, 0) is 41.1 Å². The summed E-state index contributed by atoms with van der Waals surface area (Å²) in [7, 11) is 0. The Morgan fingerprint density at radius 1 is 1.03 bits per heavy atom. The number of nitrogens with one attached hydrogen (secondary N) is 1. The largest absolute Gasteiger partial charge is 0.471 e. The summed E-state index contributed by atoms with van der Waals surface area (Å²) in [6.07, 6.45) is 2.14. The number of aromatic nitrogens is 2. The van der Waals surface area contributed by atoms with E-state index in [9.17, 15) is 4.79 Å². The van der Waals surface area contributed by atoms with Gasteiger partial charge in [0.25, 0.3) is 0 Å². The van der Waals surface area contributed by atoms with Crippen molar-refractivity contribution in [3.05, 3.63) is 84.6 Å². The molecule has 150 valence electrons. The number of hydrogen-bond donors (Lipinski definition) is 2. The van der Waals surface area contributed by atoms with E-state index in [0.29, 0.717) is 11.5 Å². The van der Waals surface area contributed by atoms with Crippen molar-refractivity contribution in [1.82, 2.24) is 9.97 Å². The van der Waals surface area contributed by atoms with Crippen LogP contribution in [0.2, 0.25) is 0 Å². The topological polar surface area (TPSA) is 90.1 Å². The fraction of sp³-hybridized carbons (Fsp3) is 0.125. The molecule has 6 heteroatoms. The minimum atomic E-state index is -0.455. The van der Waals surface area contributed by atoms with Crippen molar-refractivity contribution >= 4 is 22.6 Å². The molecule has 1 amide bonds. The highest BCUT2D eigenvalue weighted by Crippen LogP contribution is 2.23. The molecule has 1 atom stereocenters. The molecule has 0 saturated carbocycles. The van der Waals surface area contributed by atoms with Crippen molar-refractivity contribution in [2.24, 2.45) is 5.73 Å². The van der Waals surface area contributed by atoms with E-state index in [-0.39, 0.29) is 6.23 Å². The van der Waals surface area contributed by atoms with Gasteiger partial charge in [0.1, 0.15) is 5.75 Å². The lowest BCUT2D eigenvalue weighted by atomic mass is 10.1. The minimum Gasteiger partial charge on any atom is -0.471 e. The zero-order valence-corrected chi connectivity index (χ0v) is 16.6. The molecule has 0 saturated heterocycles. The molecule has 3 N–H and O–H groups in total. The highest BCUT2D eigenvalue weighted by molar-refractivity contribution is 5.93. The Morgan fingerprint density at radius 2 is 1.80 bits per heavy atom. The van der Waals surface area contributed by atoms with Crippen LogP contribution in [0.1, 0.15) is 23.7 Å². The number of hydrogen-bond acceptors (Lipinski definition) is 5. The molecule has 4 rings (SSSR count). The van der Waals surface area contributed by atoms with Gasteiger partial charge in [-0.15, -0.1) is 0 Å². The lowest BCUT2D eigenvalue weighted by Crippen LogP contribution is -2.26. The van der Waals surface area contributed by atoms with Crippen LogP contribution in [-0.2, 0) is 0 Å². The van der Waals surface area contributed by atoms with E-state index in [1.807, 2.05) is 55.5 Å². The van der Waals surface area contributed by atoms with Gasteiger partial charge in [0.2, 0.25) is 11.9 Å². The fourth-order valence-electron chi connectivity index (χ4n) is 3.16. The van der Waals surface area contributed by atoms with Crippen molar-refractivity contribution in [3.8, 4) is 17.0 Å². The van der Waals surface area contributed by atoms with Gasteiger partial charge in [0.05, 0.1) is 5.69 Å². The van der Waals surface area contributed by atoms with Gasteiger partial charge in [-0.2, -0.15) is 0 Å². The Hall–Kier alpha value is -3.93. The van der Waals surface area contributed by atoms with Crippen LogP contribution in [0.25, 0.3) is 22.0 Å². The highest BCUT2D eigenvalue weighted by Gasteiger charge is 2.11. The first-order chi connectivity index (χ1) is 14.6. The number of fused-ring (bicyclic) bond motifs is 1. The monoisotopic (exact) mass is 398 g/mol. The number of primary amides is 1. The number of anilines is 1. The Morgan fingerprint density at radius 3 is 2.53 bits per heavy atom. The zero-order chi connectivity index (χ0) is 20.9. The molecule has 3 aromatic carbocycles. The summed E-state index contributed by atoms with van der Waals surface area (Å²) in [5.74, 6) is 0.800. The predicted molar refractivity (Wildman–Crippen MR) is 118 cm³/mol. The molecular formula is C24H22N4O2. The van der Waals surface area contributed by atoms with Gasteiger partial charge in [-0.25, -0.2) is 9.97 Å². The number of nitrogens with two attached hydrogens (primary N) is 1. The second-order valence-corrected chi connectivity index (χ2v) is 6.88. The smallest absolute Gasteiger partial charge is 0.248 e. The average Bonchev–Trinajstić information content (AvgIpc) is 2.79. The molecule has 1 heterocycles. The van der Waals surface area contributed by atoms with Crippen LogP contribution in [0.5, 0.6) is 5.75 Å². The Kier molecular flexibility index (Phi) is 5.57. The van der Waals surface area contributed by atoms with E-state index in [2.05, 4.69) is 27.4 Å². The summed E-state index contributed by atoms with van der Waals surface area (Å²) >= 11 is 0. The average molecular weight is 398 g/mol. The third-order valence-electron chi connectivity index (χ3n) is 4.78. The summed E-state index contributed by atoms with van der Waals surface area (Å²) in [5, 5.41) is 5.54. The second-order valence-electron chi connectivity index (χ2n) is 6.88. The molecular weight excluding hydrogens is 376 g/mol. The molecule has 30 heavy (non-hydrogen) atoms. The van der Waals surface area contributed by atoms with Crippen LogP contribution in [0.15, 0.2) is 79.0 Å². The van der Waals surface area contributed by atoms with E-state index in [1.165, 1.54) is 5.39 Å². The number of ether oxygens (including phenoxy) is 1. The molecule has 0 aliphatic rings. The van der Waals surface area contributed by atoms with Gasteiger partial charge in [-0.3, -0.25) is 4.79 Å². The number of carbonyl (C=O) groups excluding carboxylic acids is 1. The van der Waals surface area contributed by atoms with Crippen molar-refractivity contribution < 1.29 is 9.53 Å². The lowest BCUT2D eigenvalue weighted by Gasteiger charge is -2.19. The maximum absolute atomic E-state index is 11.3. The second kappa shape index (κ2) is 8.61. The SMILES string of the molecule is CCC(Nc1nccc(-c2ccc(C(N)=O)cc2)n1)Oc1ccc2ccccc2c1. The minimum absolute atomic E-state index is 0.279. The molecule has 1 aromatic heterocycles. The standard InChI is InChI=1S/C24H22N4O2/c1-2-22(30-20-12-11-16-5-3-4-6-19(16)15-20)28-24-26-14-13-21(27-24)17-7-9-18(10-8-17)23(25)29/h3-15,22H,2H2,1H3,(H2,25,29)(H,26,27,28). The first kappa shape index (κ1) is 19.4. The highest BCUT2D eigenvalue weighted by atomic mass is 16.5. The van der Waals surface area contributed by atoms with Gasteiger partial charge < -0.3 is 15.8 Å². The van der Waals surface area contributed by atoms with Crippen LogP contribution in [0.3, 0.4) is 0 Å². The van der Waals surface area contributed by atoms with Gasteiger partial charge in [0, 0.05) is 23.7 Å². The van der Waals surface area contributed by atoms with E-state index >= 15 is 0 Å². The van der Waals surface area contributed by atoms with E-state index in [0.717, 1.165) is 28.8 Å². The van der Waals surface area contributed by atoms with E-state index < -0.39 is 5.91 Å². The van der Waals surface area contributed by atoms with Gasteiger partial charge in [-0.1, -0.05) is 49.4 Å². The molecule has 0 radical (unpaired) electrons. The fourth-order valence-corrected chi connectivity index (χ4v) is 3.16. The molecule has 0 aliphatic heterocycles. The number of carbonyl (C=O) groups is 1. The van der Waals surface area contributed by atoms with Crippen molar-refractivity contribution in [1.29, 1.82) is 0 Å². The molecule has 0 aliphatic carbocycles. The normalized spacial score (nSPS) is 11.8. The van der Waals surface area contributed by atoms with Crippen LogP contribution < -0.4 is 15.8 Å². The van der Waals surface area contributed by atoms with Crippen molar-refractivity contribution in [2.75, 3.05) is 5.32 Å². The summed E-state index contributed by atoms with van der Waals surface area (Å²) < 4.78 is 6.12. The maximum Gasteiger partial charge on any atom is 0.248 e. The summed E-state index contributed by atoms with van der Waals surface area (Å²) in [6.45, 7) is 2.03. The zero-order valence-electron chi connectivity index (χ0n) is 16.6. The van der Waals surface area contributed by atoms with Crippen LogP contribution in [-0.4, -0.2) is 22.1 Å². The van der Waals surface area contributed by atoms with E-state index in [4.69, 9.17) is 10.5 Å². The summed E-state index contributed by atoms with van der Waals surface area (Å²) in [6, 6.07) is 23.0. The molecule has 0 fully saturated rings. The number of rotatable bonds is 7. The van der Waals surface area contributed by atoms with Gasteiger partial charge >= 0.3 is 0 Å². The van der Waals surface area contributed by atoms with Crippen LogP contribution >= 0.6 is 0 Å². The quantitative estimate of drug-likeness (QED) is 0.443. The van der Waals surface area contributed by atoms with Crippen LogP contribution in [0, 0.1) is 0 Å². The Bertz CT molecular complexity index is 1180. The maximum atomic E-state index is 11.3. The number of amides is 1. The molecule has 0 spiro atoms.